The summed E-state index contributed by atoms with van der Waals surface area (Å²) in [5.74, 6) is -0.0773. The number of carbonyl (C=O) groups is 3. The lowest BCUT2D eigenvalue weighted by Crippen LogP contribution is -2.41. The molecule has 168 valence electrons. The van der Waals surface area contributed by atoms with Gasteiger partial charge in [-0.3, -0.25) is 14.5 Å². The summed E-state index contributed by atoms with van der Waals surface area (Å²) in [6.07, 6.45) is 0.485. The Hall–Kier alpha value is -2.74. The van der Waals surface area contributed by atoms with Crippen LogP contribution in [0.2, 0.25) is 0 Å². The van der Waals surface area contributed by atoms with E-state index in [4.69, 9.17) is 9.72 Å². The predicted molar refractivity (Wildman–Crippen MR) is 120 cm³/mol. The molecule has 0 radical (unpaired) electrons. The fraction of sp³-hybridized carbons (Fsp3) is 0.500. The smallest absolute Gasteiger partial charge is 0.410 e. The molecular weight excluding hydrogens is 426 g/mol. The molecule has 1 saturated carbocycles. The van der Waals surface area contributed by atoms with Gasteiger partial charge in [0.2, 0.25) is 0 Å². The van der Waals surface area contributed by atoms with Gasteiger partial charge in [0, 0.05) is 36.1 Å². The predicted octanol–water partition coefficient (Wildman–Crippen LogP) is 3.87. The lowest BCUT2D eigenvalue weighted by Gasteiger charge is -2.29. The van der Waals surface area contributed by atoms with Crippen molar-refractivity contribution in [3.8, 4) is 0 Å². The number of hydrogen-bond acceptors (Lipinski definition) is 6. The molecule has 1 aromatic heterocycles. The maximum atomic E-state index is 13.1. The minimum absolute atomic E-state index is 0.138. The van der Waals surface area contributed by atoms with E-state index in [1.54, 1.807) is 40.5 Å². The van der Waals surface area contributed by atoms with Crippen LogP contribution in [-0.2, 0) is 10.2 Å². The Bertz CT molecular complexity index is 1090. The first-order valence-electron chi connectivity index (χ1n) is 11.0. The molecule has 1 aliphatic carbocycles. The van der Waals surface area contributed by atoms with Crippen molar-refractivity contribution in [2.24, 2.45) is 11.8 Å². The van der Waals surface area contributed by atoms with Crippen LogP contribution in [0.4, 0.5) is 4.79 Å². The number of carbonyl (C=O) groups excluding carboxylic acids is 3. The van der Waals surface area contributed by atoms with Crippen LogP contribution >= 0.6 is 11.3 Å². The Kier molecular flexibility index (Phi) is 4.71. The van der Waals surface area contributed by atoms with Crippen LogP contribution < -0.4 is 0 Å². The summed E-state index contributed by atoms with van der Waals surface area (Å²) in [4.78, 5) is 46.8. The van der Waals surface area contributed by atoms with Crippen LogP contribution in [0.1, 0.15) is 58.6 Å². The number of ether oxygens (including phenoxy) is 1. The molecule has 32 heavy (non-hydrogen) atoms. The second kappa shape index (κ2) is 7.13. The Morgan fingerprint density at radius 1 is 1.19 bits per heavy atom. The fourth-order valence-corrected chi connectivity index (χ4v) is 6.42. The molecule has 7 nitrogen and oxygen atoms in total. The molecular formula is C24H27N3O4S. The van der Waals surface area contributed by atoms with Gasteiger partial charge in [-0.25, -0.2) is 9.78 Å². The second-order valence-electron chi connectivity index (χ2n) is 10.0. The summed E-state index contributed by atoms with van der Waals surface area (Å²) in [7, 11) is 0. The van der Waals surface area contributed by atoms with Gasteiger partial charge in [0.05, 0.1) is 11.1 Å². The highest BCUT2D eigenvalue weighted by molar-refractivity contribution is 7.09. The van der Waals surface area contributed by atoms with Crippen molar-refractivity contribution in [1.29, 1.82) is 0 Å². The molecule has 5 rings (SSSR count). The lowest BCUT2D eigenvalue weighted by molar-refractivity contribution is 0.0205. The molecule has 1 saturated heterocycles. The minimum Gasteiger partial charge on any atom is -0.444 e. The van der Waals surface area contributed by atoms with Gasteiger partial charge in [0.1, 0.15) is 10.6 Å². The summed E-state index contributed by atoms with van der Waals surface area (Å²) < 4.78 is 5.59. The van der Waals surface area contributed by atoms with E-state index in [2.05, 4.69) is 0 Å². The van der Waals surface area contributed by atoms with Crippen LogP contribution in [0.5, 0.6) is 0 Å². The van der Waals surface area contributed by atoms with Crippen molar-refractivity contribution in [2.75, 3.05) is 19.6 Å². The number of aryl methyl sites for hydroxylation is 1. The first-order chi connectivity index (χ1) is 15.1. The van der Waals surface area contributed by atoms with Gasteiger partial charge in [-0.05, 0) is 58.1 Å². The van der Waals surface area contributed by atoms with Crippen molar-refractivity contribution in [1.82, 2.24) is 14.8 Å². The van der Waals surface area contributed by atoms with E-state index in [1.165, 1.54) is 4.90 Å². The fourth-order valence-electron chi connectivity index (χ4n) is 5.30. The Morgan fingerprint density at radius 2 is 1.84 bits per heavy atom. The maximum absolute atomic E-state index is 13.1. The third kappa shape index (κ3) is 3.23. The van der Waals surface area contributed by atoms with Gasteiger partial charge in [-0.1, -0.05) is 12.1 Å². The summed E-state index contributed by atoms with van der Waals surface area (Å²) >= 11 is 1.58. The number of benzene rings is 1. The van der Waals surface area contributed by atoms with Gasteiger partial charge < -0.3 is 9.64 Å². The number of likely N-dealkylation sites (tertiary alicyclic amines) is 1. The number of hydrogen-bond donors (Lipinski definition) is 0. The standard InChI is InChI=1S/C24H27N3O4S/c1-14-12-32-21(25-14)24(13-27-19(28)15-7-5-6-8-16(15)20(27)29)17-9-10-26(11-18(17)24)22(30)31-23(2,3)4/h5-8,12,17-18H,9-11,13H2,1-4H3. The Balaban J connectivity index is 1.44. The summed E-state index contributed by atoms with van der Waals surface area (Å²) in [5, 5.41) is 2.96. The Labute approximate surface area is 191 Å². The first-order valence-corrected chi connectivity index (χ1v) is 11.9. The first kappa shape index (κ1) is 21.1. The van der Waals surface area contributed by atoms with Gasteiger partial charge in [-0.2, -0.15) is 0 Å². The highest BCUT2D eigenvalue weighted by Crippen LogP contribution is 2.64. The number of fused-ring (bicyclic) bond motifs is 2. The molecule has 8 heteroatoms. The minimum atomic E-state index is -0.554. The molecule has 0 bridgehead atoms. The molecule has 0 spiro atoms. The van der Waals surface area contributed by atoms with E-state index >= 15 is 0 Å². The number of thiazole rings is 1. The topological polar surface area (TPSA) is 79.8 Å². The maximum Gasteiger partial charge on any atom is 0.410 e. The number of imide groups is 1. The second-order valence-corrected chi connectivity index (χ2v) is 10.9. The molecule has 3 aliphatic rings. The zero-order chi connectivity index (χ0) is 22.8. The number of nitrogens with zero attached hydrogens (tertiary/aromatic N) is 3. The number of rotatable bonds is 3. The largest absolute Gasteiger partial charge is 0.444 e. The van der Waals surface area contributed by atoms with Crippen LogP contribution in [0, 0.1) is 18.8 Å². The van der Waals surface area contributed by atoms with Crippen molar-refractivity contribution >= 4 is 29.2 Å². The van der Waals surface area contributed by atoms with E-state index in [1.807, 2.05) is 33.1 Å². The molecule has 2 fully saturated rings. The average Bonchev–Trinajstić information content (AvgIpc) is 3.03. The third-order valence-corrected chi connectivity index (χ3v) is 7.95. The zero-order valence-corrected chi connectivity index (χ0v) is 19.6. The van der Waals surface area contributed by atoms with Crippen LogP contribution in [-0.4, -0.2) is 57.9 Å². The Morgan fingerprint density at radius 3 is 2.41 bits per heavy atom. The average molecular weight is 454 g/mol. The van der Waals surface area contributed by atoms with Crippen LogP contribution in [0.15, 0.2) is 29.6 Å². The van der Waals surface area contributed by atoms with E-state index in [0.29, 0.717) is 30.8 Å². The van der Waals surface area contributed by atoms with Crippen LogP contribution in [0.3, 0.4) is 0 Å². The van der Waals surface area contributed by atoms with Gasteiger partial charge in [0.25, 0.3) is 11.8 Å². The van der Waals surface area contributed by atoms with Gasteiger partial charge in [0.15, 0.2) is 0 Å². The number of amides is 3. The summed E-state index contributed by atoms with van der Waals surface area (Å²) in [6, 6.07) is 6.98. The molecule has 2 aliphatic heterocycles. The molecule has 0 N–H and O–H groups in total. The van der Waals surface area contributed by atoms with Crippen LogP contribution in [0.25, 0.3) is 0 Å². The molecule has 3 unspecified atom stereocenters. The van der Waals surface area contributed by atoms with Crippen molar-refractivity contribution in [3.05, 3.63) is 51.5 Å². The lowest BCUT2D eigenvalue weighted by atomic mass is 10.0. The quantitative estimate of drug-likeness (QED) is 0.659. The van der Waals surface area contributed by atoms with Crippen molar-refractivity contribution < 1.29 is 19.1 Å². The van der Waals surface area contributed by atoms with Gasteiger partial charge >= 0.3 is 6.09 Å². The monoisotopic (exact) mass is 453 g/mol. The molecule has 3 heterocycles. The summed E-state index contributed by atoms with van der Waals surface area (Å²) in [6.45, 7) is 8.98. The highest BCUT2D eigenvalue weighted by Gasteiger charge is 2.69. The molecule has 1 aromatic carbocycles. The van der Waals surface area contributed by atoms with E-state index in [0.717, 1.165) is 17.1 Å². The highest BCUT2D eigenvalue weighted by atomic mass is 32.1. The number of piperidine rings is 1. The van der Waals surface area contributed by atoms with E-state index in [-0.39, 0.29) is 29.7 Å². The van der Waals surface area contributed by atoms with E-state index in [9.17, 15) is 14.4 Å². The number of aromatic nitrogens is 1. The van der Waals surface area contributed by atoms with Crippen molar-refractivity contribution in [3.63, 3.8) is 0 Å². The van der Waals surface area contributed by atoms with E-state index < -0.39 is 11.0 Å². The third-order valence-electron chi connectivity index (χ3n) is 6.79. The zero-order valence-electron chi connectivity index (χ0n) is 18.8. The summed E-state index contributed by atoms with van der Waals surface area (Å²) in [5.41, 5.74) is 0.882. The molecule has 2 aromatic rings. The SMILES string of the molecule is Cc1csc(C2(CN3C(=O)c4ccccc4C3=O)C3CCN(C(=O)OC(C)(C)C)CC32)n1. The molecule has 3 atom stereocenters. The van der Waals surface area contributed by atoms with Crippen molar-refractivity contribution in [2.45, 2.75) is 45.1 Å². The van der Waals surface area contributed by atoms with Gasteiger partial charge in [-0.15, -0.1) is 11.3 Å². The normalized spacial score (nSPS) is 26.8. The molecule has 3 amide bonds.